The molecule has 0 spiro atoms. The normalized spacial score (nSPS) is 10.7. The van der Waals surface area contributed by atoms with Crippen molar-refractivity contribution in [3.05, 3.63) is 68.8 Å². The highest BCUT2D eigenvalue weighted by Gasteiger charge is 2.19. The van der Waals surface area contributed by atoms with Crippen LogP contribution in [0.25, 0.3) is 34.6 Å². The maximum Gasteiger partial charge on any atom is 0.316 e. The summed E-state index contributed by atoms with van der Waals surface area (Å²) in [7, 11) is 0. The van der Waals surface area contributed by atoms with Crippen molar-refractivity contribution in [2.24, 2.45) is 0 Å². The highest BCUT2D eigenvalue weighted by molar-refractivity contribution is 5.60. The quantitative estimate of drug-likeness (QED) is 0.370. The van der Waals surface area contributed by atoms with Crippen LogP contribution in [0.1, 0.15) is 0 Å². The first-order valence-corrected chi connectivity index (χ1v) is 7.69. The van der Waals surface area contributed by atoms with Crippen molar-refractivity contribution in [3.8, 4) is 34.6 Å². The minimum Gasteiger partial charge on any atom is -0.328 e. The van der Waals surface area contributed by atoms with Crippen molar-refractivity contribution in [2.75, 3.05) is 0 Å². The number of hydrogen-bond donors (Lipinski definition) is 0. The number of hydrogen-bond acceptors (Lipinski definition) is 10. The van der Waals surface area contributed by atoms with Gasteiger partial charge in [0.25, 0.3) is 11.4 Å². The molecule has 12 nitrogen and oxygen atoms in total. The Kier molecular flexibility index (Phi) is 4.04. The summed E-state index contributed by atoms with van der Waals surface area (Å²) >= 11 is 0. The molecule has 0 bridgehead atoms. The third-order valence-electron chi connectivity index (χ3n) is 3.71. The zero-order chi connectivity index (χ0) is 19.7. The van der Waals surface area contributed by atoms with Gasteiger partial charge < -0.3 is 9.05 Å². The number of rotatable bonds is 5. The third kappa shape index (κ3) is 3.16. The van der Waals surface area contributed by atoms with Gasteiger partial charge in [0.05, 0.1) is 9.85 Å². The zero-order valence-electron chi connectivity index (χ0n) is 13.8. The van der Waals surface area contributed by atoms with Crippen LogP contribution >= 0.6 is 0 Å². The lowest BCUT2D eigenvalue weighted by Crippen LogP contribution is -1.88. The number of aromatic nitrogens is 4. The number of nitro groups is 2. The first kappa shape index (κ1) is 17.0. The van der Waals surface area contributed by atoms with Gasteiger partial charge >= 0.3 is 11.8 Å². The first-order chi connectivity index (χ1) is 13.5. The Balaban J connectivity index is 1.57. The van der Waals surface area contributed by atoms with E-state index < -0.39 is 9.85 Å². The van der Waals surface area contributed by atoms with E-state index in [9.17, 15) is 20.2 Å². The molecule has 4 rings (SSSR count). The third-order valence-corrected chi connectivity index (χ3v) is 3.71. The van der Waals surface area contributed by atoms with Gasteiger partial charge in [0, 0.05) is 35.4 Å². The average Bonchev–Trinajstić information content (AvgIpc) is 3.38. The molecular formula is C16H8N6O6. The van der Waals surface area contributed by atoms with Crippen molar-refractivity contribution in [2.45, 2.75) is 0 Å². The maximum absolute atomic E-state index is 10.7. The van der Waals surface area contributed by atoms with Crippen LogP contribution in [0.4, 0.5) is 11.4 Å². The van der Waals surface area contributed by atoms with Crippen molar-refractivity contribution in [1.82, 2.24) is 20.3 Å². The highest BCUT2D eigenvalue weighted by Crippen LogP contribution is 2.25. The summed E-state index contributed by atoms with van der Waals surface area (Å²) in [6, 6.07) is 11.3. The standard InChI is InChI=1S/C16H8N6O6/c23-21(24)11-5-1-9(2-6-11)13-17-15(27-19-13)16-18-14(20-28-16)10-3-7-12(8-4-10)22(25)26/h1-8H. The van der Waals surface area contributed by atoms with Gasteiger partial charge in [-0.1, -0.05) is 10.3 Å². The summed E-state index contributed by atoms with van der Waals surface area (Å²) in [4.78, 5) is 28.7. The fourth-order valence-electron chi connectivity index (χ4n) is 2.32. The molecule has 0 saturated heterocycles. The monoisotopic (exact) mass is 380 g/mol. The van der Waals surface area contributed by atoms with Crippen LogP contribution in [0.3, 0.4) is 0 Å². The van der Waals surface area contributed by atoms with Crippen LogP contribution in [0.15, 0.2) is 57.6 Å². The maximum atomic E-state index is 10.7. The van der Waals surface area contributed by atoms with Crippen molar-refractivity contribution < 1.29 is 18.9 Å². The predicted octanol–water partition coefficient (Wildman–Crippen LogP) is 3.27. The molecule has 12 heteroatoms. The van der Waals surface area contributed by atoms with Gasteiger partial charge in [0.2, 0.25) is 11.6 Å². The molecule has 2 aromatic carbocycles. The Morgan fingerprint density at radius 2 is 1.00 bits per heavy atom. The van der Waals surface area contributed by atoms with E-state index in [1.54, 1.807) is 0 Å². The molecule has 0 atom stereocenters. The first-order valence-electron chi connectivity index (χ1n) is 7.69. The van der Waals surface area contributed by atoms with E-state index in [1.807, 2.05) is 0 Å². The number of nitro benzene ring substituents is 2. The molecule has 0 saturated carbocycles. The van der Waals surface area contributed by atoms with Crippen LogP contribution in [0.2, 0.25) is 0 Å². The molecular weight excluding hydrogens is 372 g/mol. The van der Waals surface area contributed by atoms with E-state index in [1.165, 1.54) is 48.5 Å². The Morgan fingerprint density at radius 3 is 1.32 bits per heavy atom. The Labute approximate surface area is 154 Å². The summed E-state index contributed by atoms with van der Waals surface area (Å²) in [5, 5.41) is 29.0. The van der Waals surface area contributed by atoms with Crippen LogP contribution in [-0.2, 0) is 0 Å². The average molecular weight is 380 g/mol. The van der Waals surface area contributed by atoms with Crippen molar-refractivity contribution >= 4 is 11.4 Å². The summed E-state index contributed by atoms with van der Waals surface area (Å²) in [6.07, 6.45) is 0. The highest BCUT2D eigenvalue weighted by atomic mass is 16.6. The molecule has 4 aromatic rings. The van der Waals surface area contributed by atoms with Gasteiger partial charge in [0.15, 0.2) is 0 Å². The van der Waals surface area contributed by atoms with Crippen LogP contribution in [-0.4, -0.2) is 30.1 Å². The minimum atomic E-state index is -0.510. The summed E-state index contributed by atoms with van der Waals surface area (Å²) in [5.74, 6) is 0.322. The molecule has 0 amide bonds. The topological polar surface area (TPSA) is 164 Å². The smallest absolute Gasteiger partial charge is 0.316 e. The van der Waals surface area contributed by atoms with Crippen molar-refractivity contribution in [1.29, 1.82) is 0 Å². The molecule has 2 heterocycles. The van der Waals surface area contributed by atoms with Crippen LogP contribution in [0.5, 0.6) is 0 Å². The zero-order valence-corrected chi connectivity index (χ0v) is 13.8. The number of nitrogens with zero attached hydrogens (tertiary/aromatic N) is 6. The molecule has 138 valence electrons. The van der Waals surface area contributed by atoms with Gasteiger partial charge in [-0.15, -0.1) is 0 Å². The molecule has 0 aliphatic heterocycles. The lowest BCUT2D eigenvalue weighted by Gasteiger charge is -1.93. The second-order valence-electron chi connectivity index (χ2n) is 5.45. The molecule has 0 aliphatic rings. The van der Waals surface area contributed by atoms with E-state index >= 15 is 0 Å². The van der Waals surface area contributed by atoms with E-state index in [0.29, 0.717) is 11.1 Å². The largest absolute Gasteiger partial charge is 0.328 e. The van der Waals surface area contributed by atoms with Gasteiger partial charge in [-0.3, -0.25) is 20.2 Å². The second-order valence-corrected chi connectivity index (χ2v) is 5.45. The summed E-state index contributed by atoms with van der Waals surface area (Å²) < 4.78 is 10.2. The Hall–Kier alpha value is -4.48. The minimum absolute atomic E-state index is 0.0333. The van der Waals surface area contributed by atoms with Gasteiger partial charge in [-0.2, -0.15) is 9.97 Å². The fraction of sp³-hybridized carbons (Fsp3) is 0. The van der Waals surface area contributed by atoms with Gasteiger partial charge in [-0.25, -0.2) is 0 Å². The van der Waals surface area contributed by atoms with E-state index in [4.69, 9.17) is 9.05 Å². The molecule has 0 radical (unpaired) electrons. The molecule has 0 N–H and O–H groups in total. The predicted molar refractivity (Wildman–Crippen MR) is 91.8 cm³/mol. The summed E-state index contributed by atoms with van der Waals surface area (Å²) in [5.41, 5.74) is 0.903. The Morgan fingerprint density at radius 1 is 0.643 bits per heavy atom. The van der Waals surface area contributed by atoms with Gasteiger partial charge in [-0.05, 0) is 24.3 Å². The second kappa shape index (κ2) is 6.68. The molecule has 28 heavy (non-hydrogen) atoms. The van der Waals surface area contributed by atoms with Gasteiger partial charge in [0.1, 0.15) is 0 Å². The SMILES string of the molecule is O=[N+]([O-])c1ccc(-c2noc(-c3nc(-c4ccc([N+](=O)[O-])cc4)no3)n2)cc1. The molecule has 0 fully saturated rings. The lowest BCUT2D eigenvalue weighted by atomic mass is 10.2. The molecule has 0 aliphatic carbocycles. The Bertz CT molecular complexity index is 1070. The fourth-order valence-corrected chi connectivity index (χ4v) is 2.32. The molecule has 0 unspecified atom stereocenters. The molecule has 2 aromatic heterocycles. The van der Waals surface area contributed by atoms with E-state index in [2.05, 4.69) is 20.3 Å². The van der Waals surface area contributed by atoms with E-state index in [-0.39, 0.29) is 34.8 Å². The van der Waals surface area contributed by atoms with Crippen LogP contribution < -0.4 is 0 Å². The number of non-ortho nitro benzene ring substituents is 2. The lowest BCUT2D eigenvalue weighted by molar-refractivity contribution is -0.385. The van der Waals surface area contributed by atoms with E-state index in [0.717, 1.165) is 0 Å². The van der Waals surface area contributed by atoms with Crippen molar-refractivity contribution in [3.63, 3.8) is 0 Å². The summed E-state index contributed by atoms with van der Waals surface area (Å²) in [6.45, 7) is 0. The van der Waals surface area contributed by atoms with Crippen LogP contribution in [0, 0.1) is 20.2 Å². The number of benzene rings is 2.